The van der Waals surface area contributed by atoms with Crippen LogP contribution in [-0.2, 0) is 0 Å². The summed E-state index contributed by atoms with van der Waals surface area (Å²) in [5.74, 6) is 1.59. The summed E-state index contributed by atoms with van der Waals surface area (Å²) in [6.07, 6.45) is 4.81. The van der Waals surface area contributed by atoms with Gasteiger partial charge in [0.25, 0.3) is 0 Å². The Morgan fingerprint density at radius 3 is 3.00 bits per heavy atom. The zero-order valence-electron chi connectivity index (χ0n) is 11.3. The molecule has 3 heteroatoms. The molecule has 0 aliphatic heterocycles. The number of hydrogen-bond donors (Lipinski definition) is 1. The number of rotatable bonds is 2. The van der Waals surface area contributed by atoms with Crippen LogP contribution in [0.5, 0.6) is 0 Å². The predicted octanol–water partition coefficient (Wildman–Crippen LogP) is 4.21. The number of benzene rings is 1. The summed E-state index contributed by atoms with van der Waals surface area (Å²) in [4.78, 5) is 4.56. The van der Waals surface area contributed by atoms with E-state index >= 15 is 0 Å². The second-order valence-electron chi connectivity index (χ2n) is 5.38. The maximum Gasteiger partial charge on any atom is 0.146 e. The lowest BCUT2D eigenvalue weighted by molar-refractivity contribution is 0.500. The zero-order valence-corrected chi connectivity index (χ0v) is 11.3. The highest BCUT2D eigenvalue weighted by molar-refractivity contribution is 5.86. The Hall–Kier alpha value is -1.90. The van der Waals surface area contributed by atoms with Crippen molar-refractivity contribution in [1.82, 2.24) is 4.98 Å². The van der Waals surface area contributed by atoms with Crippen molar-refractivity contribution in [3.8, 4) is 0 Å². The van der Waals surface area contributed by atoms with Gasteiger partial charge < -0.3 is 0 Å². The average molecular weight is 253 g/mol. The van der Waals surface area contributed by atoms with Crippen molar-refractivity contribution in [3.63, 3.8) is 0 Å². The molecule has 1 saturated carbocycles. The smallest absolute Gasteiger partial charge is 0.146 e. The molecule has 1 aromatic carbocycles. The van der Waals surface area contributed by atoms with Gasteiger partial charge in [0.2, 0.25) is 0 Å². The van der Waals surface area contributed by atoms with Crippen LogP contribution < -0.4 is 5.43 Å². The first-order valence-electron chi connectivity index (χ1n) is 6.98. The first-order valence-corrected chi connectivity index (χ1v) is 6.98. The molecule has 1 fully saturated rings. The molecule has 1 heterocycles. The van der Waals surface area contributed by atoms with Crippen LogP contribution in [0.25, 0.3) is 10.9 Å². The van der Waals surface area contributed by atoms with Gasteiger partial charge in [-0.1, -0.05) is 25.1 Å². The van der Waals surface area contributed by atoms with E-state index in [0.29, 0.717) is 0 Å². The lowest BCUT2D eigenvalue weighted by atomic mass is 9.89. The van der Waals surface area contributed by atoms with Gasteiger partial charge in [0.15, 0.2) is 0 Å². The Morgan fingerprint density at radius 2 is 2.11 bits per heavy atom. The van der Waals surface area contributed by atoms with Crippen LogP contribution in [0.4, 0.5) is 5.82 Å². The maximum atomic E-state index is 4.56. The van der Waals surface area contributed by atoms with E-state index in [2.05, 4.69) is 34.6 Å². The van der Waals surface area contributed by atoms with E-state index in [1.807, 2.05) is 24.3 Å². The van der Waals surface area contributed by atoms with Gasteiger partial charge in [0.1, 0.15) is 5.82 Å². The van der Waals surface area contributed by atoms with Crippen LogP contribution in [0, 0.1) is 5.92 Å². The highest BCUT2D eigenvalue weighted by Gasteiger charge is 2.13. The Labute approximate surface area is 113 Å². The van der Waals surface area contributed by atoms with E-state index in [4.69, 9.17) is 0 Å². The number of anilines is 1. The Morgan fingerprint density at radius 1 is 1.21 bits per heavy atom. The van der Waals surface area contributed by atoms with Crippen molar-refractivity contribution < 1.29 is 0 Å². The van der Waals surface area contributed by atoms with Gasteiger partial charge in [-0.15, -0.1) is 0 Å². The van der Waals surface area contributed by atoms with Gasteiger partial charge in [-0.3, -0.25) is 5.43 Å². The van der Waals surface area contributed by atoms with Crippen molar-refractivity contribution in [2.45, 2.75) is 32.6 Å². The number of aromatic nitrogens is 1. The minimum absolute atomic E-state index is 0.763. The minimum atomic E-state index is 0.763. The van der Waals surface area contributed by atoms with Gasteiger partial charge >= 0.3 is 0 Å². The molecule has 1 aromatic heterocycles. The molecule has 1 aliphatic rings. The van der Waals surface area contributed by atoms with Crippen LogP contribution in [0.2, 0.25) is 0 Å². The van der Waals surface area contributed by atoms with Crippen molar-refractivity contribution >= 4 is 22.4 Å². The molecule has 1 atom stereocenters. The van der Waals surface area contributed by atoms with E-state index in [0.717, 1.165) is 35.5 Å². The predicted molar refractivity (Wildman–Crippen MR) is 80.4 cm³/mol. The average Bonchev–Trinajstić information content (AvgIpc) is 2.45. The van der Waals surface area contributed by atoms with E-state index < -0.39 is 0 Å². The molecular weight excluding hydrogens is 234 g/mol. The number of para-hydroxylation sites is 1. The van der Waals surface area contributed by atoms with Gasteiger partial charge in [-0.05, 0) is 49.8 Å². The molecule has 3 nitrogen and oxygen atoms in total. The van der Waals surface area contributed by atoms with Crippen LogP contribution >= 0.6 is 0 Å². The first-order chi connectivity index (χ1) is 9.31. The van der Waals surface area contributed by atoms with Gasteiger partial charge in [0, 0.05) is 11.1 Å². The second kappa shape index (κ2) is 5.39. The van der Waals surface area contributed by atoms with Crippen LogP contribution in [0.1, 0.15) is 32.6 Å². The number of nitrogens with zero attached hydrogens (tertiary/aromatic N) is 2. The molecule has 1 N–H and O–H groups in total. The largest absolute Gasteiger partial charge is 0.261 e. The number of hydrazone groups is 1. The number of nitrogens with one attached hydrogen (secondary N) is 1. The lowest BCUT2D eigenvalue weighted by Crippen LogP contribution is -2.14. The molecule has 0 spiro atoms. The highest BCUT2D eigenvalue weighted by Crippen LogP contribution is 2.21. The second-order valence-corrected chi connectivity index (χ2v) is 5.38. The third kappa shape index (κ3) is 2.92. The van der Waals surface area contributed by atoms with E-state index in [1.54, 1.807) is 0 Å². The third-order valence-corrected chi connectivity index (χ3v) is 3.67. The lowest BCUT2D eigenvalue weighted by Gasteiger charge is -2.19. The minimum Gasteiger partial charge on any atom is -0.261 e. The van der Waals surface area contributed by atoms with Crippen LogP contribution in [-0.4, -0.2) is 10.7 Å². The fraction of sp³-hybridized carbons (Fsp3) is 0.375. The molecule has 0 bridgehead atoms. The molecule has 0 unspecified atom stereocenters. The maximum absolute atomic E-state index is 4.56. The van der Waals surface area contributed by atoms with Crippen molar-refractivity contribution in [2.75, 3.05) is 5.43 Å². The summed E-state index contributed by atoms with van der Waals surface area (Å²) < 4.78 is 0. The molecule has 2 aromatic rings. The summed E-state index contributed by atoms with van der Waals surface area (Å²) in [7, 11) is 0. The summed E-state index contributed by atoms with van der Waals surface area (Å²) in [5.41, 5.74) is 5.38. The zero-order chi connectivity index (χ0) is 13.1. The summed E-state index contributed by atoms with van der Waals surface area (Å²) >= 11 is 0. The first kappa shape index (κ1) is 12.2. The Kier molecular flexibility index (Phi) is 3.45. The van der Waals surface area contributed by atoms with Gasteiger partial charge in [-0.25, -0.2) is 4.98 Å². The summed E-state index contributed by atoms with van der Waals surface area (Å²) in [6, 6.07) is 12.2. The molecule has 0 amide bonds. The van der Waals surface area contributed by atoms with Crippen LogP contribution in [0.15, 0.2) is 41.5 Å². The molecule has 3 rings (SSSR count). The van der Waals surface area contributed by atoms with Crippen LogP contribution in [0.3, 0.4) is 0 Å². The van der Waals surface area contributed by atoms with E-state index in [-0.39, 0.29) is 0 Å². The topological polar surface area (TPSA) is 37.3 Å². The Balaban J connectivity index is 1.76. The van der Waals surface area contributed by atoms with Gasteiger partial charge in [0.05, 0.1) is 5.52 Å². The monoisotopic (exact) mass is 253 g/mol. The quantitative estimate of drug-likeness (QED) is 0.814. The molecule has 19 heavy (non-hydrogen) atoms. The molecular formula is C16H19N3. The molecule has 1 aliphatic carbocycles. The van der Waals surface area contributed by atoms with Crippen molar-refractivity contribution in [1.29, 1.82) is 0 Å². The standard InChI is InChI=1S/C16H19N3/c1-12-5-4-7-14(11-12)18-19-16-10-9-13-6-2-3-8-15(13)17-16/h2-3,6,8-10,12H,4-5,7,11H2,1H3,(H,17,19)/b18-14+/t12-/m0/s1. The molecule has 98 valence electrons. The Bertz CT molecular complexity index is 604. The molecule has 0 radical (unpaired) electrons. The normalized spacial score (nSPS) is 21.7. The highest BCUT2D eigenvalue weighted by atomic mass is 15.3. The third-order valence-electron chi connectivity index (χ3n) is 3.67. The fourth-order valence-electron chi connectivity index (χ4n) is 2.63. The van der Waals surface area contributed by atoms with E-state index in [9.17, 15) is 0 Å². The van der Waals surface area contributed by atoms with Gasteiger partial charge in [-0.2, -0.15) is 5.10 Å². The van der Waals surface area contributed by atoms with Crippen molar-refractivity contribution in [3.05, 3.63) is 36.4 Å². The van der Waals surface area contributed by atoms with Crippen molar-refractivity contribution in [2.24, 2.45) is 11.0 Å². The SMILES string of the molecule is C[C@H]1CCC/C(=N\Nc2ccc3ccccc3n2)C1. The fourth-order valence-corrected chi connectivity index (χ4v) is 2.63. The summed E-state index contributed by atoms with van der Waals surface area (Å²) in [6.45, 7) is 2.29. The molecule has 0 saturated heterocycles. The number of pyridine rings is 1. The van der Waals surface area contributed by atoms with E-state index in [1.165, 1.54) is 18.6 Å². The number of fused-ring (bicyclic) bond motifs is 1. The summed E-state index contributed by atoms with van der Waals surface area (Å²) in [5, 5.41) is 5.67. The number of hydrogen-bond acceptors (Lipinski definition) is 3.